The Morgan fingerprint density at radius 2 is 1.82 bits per heavy atom. The number of hydrogen-bond acceptors (Lipinski definition) is 8. The topological polar surface area (TPSA) is 83.2 Å². The van der Waals surface area contributed by atoms with Gasteiger partial charge in [-0.1, -0.05) is 39.0 Å². The van der Waals surface area contributed by atoms with Crippen LogP contribution in [0.25, 0.3) is 0 Å². The zero-order chi connectivity index (χ0) is 26.6. The largest absolute Gasteiger partial charge is 0.493 e. The summed E-state index contributed by atoms with van der Waals surface area (Å²) >= 11 is 0. The molecule has 0 aliphatic carbocycles. The molecule has 3 aliphatic rings. The van der Waals surface area contributed by atoms with Gasteiger partial charge in [0.05, 0.1) is 19.9 Å². The van der Waals surface area contributed by atoms with E-state index in [1.165, 1.54) is 54.4 Å². The second kappa shape index (κ2) is 11.7. The number of nitrogens with zero attached hydrogens (tertiary/aromatic N) is 5. The molecule has 9 nitrogen and oxygen atoms in total. The van der Waals surface area contributed by atoms with Crippen molar-refractivity contribution in [1.82, 2.24) is 19.8 Å². The van der Waals surface area contributed by atoms with Gasteiger partial charge < -0.3 is 18.9 Å². The van der Waals surface area contributed by atoms with Crippen molar-refractivity contribution in [2.75, 3.05) is 27.1 Å². The maximum atomic E-state index is 6.49. The minimum atomic E-state index is 0.248. The number of methoxy groups -OCH3 is 1. The second-order valence-corrected chi connectivity index (χ2v) is 10.5. The Labute approximate surface area is 229 Å². The van der Waals surface area contributed by atoms with Crippen molar-refractivity contribution in [3.63, 3.8) is 0 Å². The number of rotatable bonds is 11. The van der Waals surface area contributed by atoms with Gasteiger partial charge in [0, 0.05) is 30.3 Å². The molecule has 0 bridgehead atoms. The van der Waals surface area contributed by atoms with Crippen molar-refractivity contribution >= 4 is 6.21 Å². The first kappa shape index (κ1) is 25.7. The molecule has 0 saturated heterocycles. The predicted molar refractivity (Wildman–Crippen MR) is 148 cm³/mol. The summed E-state index contributed by atoms with van der Waals surface area (Å²) in [6.07, 6.45) is 14.2. The van der Waals surface area contributed by atoms with E-state index in [-0.39, 0.29) is 12.8 Å². The van der Waals surface area contributed by atoms with Gasteiger partial charge in [0.2, 0.25) is 6.79 Å². The molecule has 0 N–H and O–H groups in total. The van der Waals surface area contributed by atoms with E-state index in [4.69, 9.17) is 18.9 Å². The first-order valence-corrected chi connectivity index (χ1v) is 14.2. The fourth-order valence-corrected chi connectivity index (χ4v) is 6.00. The Morgan fingerprint density at radius 3 is 2.64 bits per heavy atom. The molecular weight excluding hydrogens is 494 g/mol. The number of fused-ring (bicyclic) bond motifs is 5. The van der Waals surface area contributed by atoms with Crippen molar-refractivity contribution < 1.29 is 18.9 Å². The smallest absolute Gasteiger partial charge is 0.231 e. The Morgan fingerprint density at radius 1 is 1.03 bits per heavy atom. The van der Waals surface area contributed by atoms with Gasteiger partial charge in [0.1, 0.15) is 12.7 Å². The fourth-order valence-electron chi connectivity index (χ4n) is 6.00. The van der Waals surface area contributed by atoms with E-state index < -0.39 is 0 Å². The van der Waals surface area contributed by atoms with Crippen LogP contribution in [0.5, 0.6) is 23.0 Å². The highest BCUT2D eigenvalue weighted by Gasteiger charge is 2.36. The summed E-state index contributed by atoms with van der Waals surface area (Å²) in [5, 5.41) is 12.3. The summed E-state index contributed by atoms with van der Waals surface area (Å²) in [5.41, 5.74) is 6.14. The van der Waals surface area contributed by atoms with Crippen molar-refractivity contribution in [2.45, 2.75) is 70.9 Å². The van der Waals surface area contributed by atoms with Crippen LogP contribution in [0, 0.1) is 0 Å². The Kier molecular flexibility index (Phi) is 7.67. The van der Waals surface area contributed by atoms with E-state index in [2.05, 4.69) is 45.3 Å². The predicted octanol–water partition coefficient (Wildman–Crippen LogP) is 5.29. The molecule has 0 saturated carbocycles. The van der Waals surface area contributed by atoms with E-state index in [1.807, 2.05) is 6.21 Å². The van der Waals surface area contributed by atoms with Gasteiger partial charge in [-0.05, 0) is 54.2 Å². The van der Waals surface area contributed by atoms with E-state index >= 15 is 0 Å². The number of hydrogen-bond donors (Lipinski definition) is 0. The molecule has 3 aliphatic heterocycles. The maximum absolute atomic E-state index is 6.49. The van der Waals surface area contributed by atoms with Crippen LogP contribution in [0.3, 0.4) is 0 Å². The molecule has 0 amide bonds. The summed E-state index contributed by atoms with van der Waals surface area (Å²) in [6.45, 7) is 5.01. The molecule has 2 aromatic carbocycles. The van der Waals surface area contributed by atoms with Crippen LogP contribution in [0.4, 0.5) is 0 Å². The van der Waals surface area contributed by atoms with E-state index in [0.29, 0.717) is 6.61 Å². The minimum absolute atomic E-state index is 0.248. The van der Waals surface area contributed by atoms with Crippen LogP contribution in [-0.2, 0) is 19.4 Å². The third-order valence-electron chi connectivity index (χ3n) is 8.06. The van der Waals surface area contributed by atoms with Crippen molar-refractivity contribution in [3.8, 4) is 23.0 Å². The van der Waals surface area contributed by atoms with Crippen molar-refractivity contribution in [2.24, 2.45) is 5.10 Å². The second-order valence-electron chi connectivity index (χ2n) is 10.5. The van der Waals surface area contributed by atoms with Gasteiger partial charge in [-0.25, -0.2) is 4.68 Å². The van der Waals surface area contributed by atoms with Gasteiger partial charge in [-0.2, -0.15) is 5.10 Å². The highest BCUT2D eigenvalue weighted by Crippen LogP contribution is 2.47. The lowest BCUT2D eigenvalue weighted by Gasteiger charge is -2.42. The molecule has 1 atom stereocenters. The molecule has 4 heterocycles. The van der Waals surface area contributed by atoms with Crippen LogP contribution in [0.15, 0.2) is 36.0 Å². The normalized spacial score (nSPS) is 17.6. The molecule has 0 fully saturated rings. The lowest BCUT2D eigenvalue weighted by Crippen LogP contribution is -2.40. The quantitative estimate of drug-likeness (QED) is 0.245. The Balaban J connectivity index is 1.32. The van der Waals surface area contributed by atoms with E-state index in [1.54, 1.807) is 24.4 Å². The molecule has 6 rings (SSSR count). The molecule has 3 aromatic rings. The van der Waals surface area contributed by atoms with Gasteiger partial charge in [0.15, 0.2) is 23.0 Å². The zero-order valence-corrected chi connectivity index (χ0v) is 22.9. The van der Waals surface area contributed by atoms with Gasteiger partial charge in [-0.3, -0.25) is 4.90 Å². The first-order valence-electron chi connectivity index (χ1n) is 14.2. The molecule has 39 heavy (non-hydrogen) atoms. The average Bonchev–Trinajstić information content (AvgIpc) is 3.65. The Hall–Kier alpha value is -3.59. The summed E-state index contributed by atoms with van der Waals surface area (Å²) in [7, 11) is 1.71. The van der Waals surface area contributed by atoms with Crippen LogP contribution in [0.1, 0.15) is 79.3 Å². The number of aromatic nitrogens is 3. The molecule has 206 valence electrons. The number of ether oxygens (including phenoxy) is 4. The lowest BCUT2D eigenvalue weighted by molar-refractivity contribution is 0.155. The molecule has 9 heteroatoms. The lowest BCUT2D eigenvalue weighted by atomic mass is 9.82. The standard InChI is InChI=1S/C30H37N5O4/c1-3-4-5-6-7-8-11-37-30-25-17-34-10-9-21-12-27-28(39-20-38-27)15-24(21)26(34)14-23(25)22(13-29(30)36-2)16-33-35-18-31-32-19-35/h12-13,15-16,18-19,26H,3-11,14,17,20H2,1-2H3/b33-16+. The fraction of sp³-hybridized carbons (Fsp3) is 0.500. The zero-order valence-electron chi connectivity index (χ0n) is 22.9. The third-order valence-corrected chi connectivity index (χ3v) is 8.06. The van der Waals surface area contributed by atoms with Crippen LogP contribution >= 0.6 is 0 Å². The summed E-state index contributed by atoms with van der Waals surface area (Å²) in [5.74, 6) is 3.32. The maximum Gasteiger partial charge on any atom is 0.231 e. The molecule has 0 spiro atoms. The number of benzene rings is 2. The van der Waals surface area contributed by atoms with Crippen LogP contribution < -0.4 is 18.9 Å². The Bertz CT molecular complexity index is 1320. The molecule has 0 radical (unpaired) electrons. The van der Waals surface area contributed by atoms with Gasteiger partial charge in [-0.15, -0.1) is 10.2 Å². The summed E-state index contributed by atoms with van der Waals surface area (Å²) in [4.78, 5) is 2.56. The molecule has 1 unspecified atom stereocenters. The summed E-state index contributed by atoms with van der Waals surface area (Å²) in [6, 6.07) is 6.66. The molecular formula is C30H37N5O4. The molecule has 1 aromatic heterocycles. The summed E-state index contributed by atoms with van der Waals surface area (Å²) < 4.78 is 25.4. The average molecular weight is 532 g/mol. The SMILES string of the molecule is CCCCCCCCOc1c(OC)cc(/C=N/n2cnnc2)c2c1CN1CCc3cc4c(cc3C1C2)OCO4. The number of unbranched alkanes of at least 4 members (excludes halogenated alkanes) is 5. The monoisotopic (exact) mass is 531 g/mol. The highest BCUT2D eigenvalue weighted by atomic mass is 16.7. The van der Waals surface area contributed by atoms with Gasteiger partial charge >= 0.3 is 0 Å². The van der Waals surface area contributed by atoms with E-state index in [0.717, 1.165) is 60.9 Å². The van der Waals surface area contributed by atoms with Crippen molar-refractivity contribution in [3.05, 3.63) is 58.7 Å². The minimum Gasteiger partial charge on any atom is -0.493 e. The van der Waals surface area contributed by atoms with Gasteiger partial charge in [0.25, 0.3) is 0 Å². The third kappa shape index (κ3) is 5.32. The van der Waals surface area contributed by atoms with E-state index in [9.17, 15) is 0 Å². The van der Waals surface area contributed by atoms with Crippen molar-refractivity contribution in [1.29, 1.82) is 0 Å². The van der Waals surface area contributed by atoms with Crippen LogP contribution in [-0.4, -0.2) is 53.0 Å². The highest BCUT2D eigenvalue weighted by molar-refractivity contribution is 5.84. The first-order chi connectivity index (χ1) is 19.2. The van der Waals surface area contributed by atoms with Crippen LogP contribution in [0.2, 0.25) is 0 Å².